The van der Waals surface area contributed by atoms with Crippen molar-refractivity contribution in [1.82, 2.24) is 15.5 Å². The summed E-state index contributed by atoms with van der Waals surface area (Å²) >= 11 is 5.93. The highest BCUT2D eigenvalue weighted by Gasteiger charge is 2.17. The van der Waals surface area contributed by atoms with Gasteiger partial charge >= 0.3 is 12.0 Å². The first-order valence-electron chi connectivity index (χ1n) is 7.63. The highest BCUT2D eigenvalue weighted by Crippen LogP contribution is 2.21. The minimum Gasteiger partial charge on any atom is -0.481 e. The van der Waals surface area contributed by atoms with Crippen LogP contribution >= 0.6 is 11.6 Å². The number of aliphatic carboxylic acids is 1. The summed E-state index contributed by atoms with van der Waals surface area (Å²) in [4.78, 5) is 24.3. The number of likely N-dealkylation sites (N-methyl/N-ethyl adjacent to an activating group) is 1. The molecule has 23 heavy (non-hydrogen) atoms. The van der Waals surface area contributed by atoms with Gasteiger partial charge in [-0.05, 0) is 37.7 Å². The lowest BCUT2D eigenvalue weighted by molar-refractivity contribution is -0.136. The number of carbonyl (C=O) groups excluding carboxylic acids is 1. The number of rotatable bonds is 9. The monoisotopic (exact) mass is 341 g/mol. The van der Waals surface area contributed by atoms with Gasteiger partial charge in [0.25, 0.3) is 0 Å². The largest absolute Gasteiger partial charge is 0.481 e. The van der Waals surface area contributed by atoms with Crippen molar-refractivity contribution >= 4 is 23.6 Å². The van der Waals surface area contributed by atoms with Gasteiger partial charge in [0.1, 0.15) is 0 Å². The maximum atomic E-state index is 11.7. The number of hydrogen-bond donors (Lipinski definition) is 3. The van der Waals surface area contributed by atoms with E-state index in [0.29, 0.717) is 11.6 Å². The molecule has 0 aliphatic rings. The van der Waals surface area contributed by atoms with Gasteiger partial charge in [0.05, 0.1) is 12.5 Å². The van der Waals surface area contributed by atoms with Gasteiger partial charge in [0.2, 0.25) is 0 Å². The van der Waals surface area contributed by atoms with Crippen molar-refractivity contribution in [3.8, 4) is 0 Å². The molecular formula is C16H24ClN3O3. The smallest absolute Gasteiger partial charge is 0.314 e. The van der Waals surface area contributed by atoms with E-state index >= 15 is 0 Å². The minimum atomic E-state index is -0.938. The standard InChI is InChI=1S/C16H24ClN3O3/c1-3-10-20(2)14(12-4-6-13(17)7-5-12)11-19-16(23)18-9-8-15(21)22/h4-7,14H,3,8-11H2,1-2H3,(H,21,22)(H2,18,19,23). The van der Waals surface area contributed by atoms with Crippen LogP contribution in [0.4, 0.5) is 4.79 Å². The third kappa shape index (κ3) is 7.34. The maximum Gasteiger partial charge on any atom is 0.314 e. The van der Waals surface area contributed by atoms with Gasteiger partial charge in [-0.15, -0.1) is 0 Å². The molecule has 1 aromatic rings. The number of urea groups is 1. The molecule has 0 radical (unpaired) electrons. The van der Waals surface area contributed by atoms with Crippen LogP contribution in [0.25, 0.3) is 0 Å². The van der Waals surface area contributed by atoms with Crippen LogP contribution in [0.2, 0.25) is 5.02 Å². The molecule has 3 N–H and O–H groups in total. The molecule has 0 aliphatic heterocycles. The van der Waals surface area contributed by atoms with E-state index in [9.17, 15) is 9.59 Å². The van der Waals surface area contributed by atoms with Crippen LogP contribution in [0.1, 0.15) is 31.4 Å². The van der Waals surface area contributed by atoms with Gasteiger partial charge in [0.15, 0.2) is 0 Å². The van der Waals surface area contributed by atoms with E-state index in [4.69, 9.17) is 16.7 Å². The number of nitrogens with zero attached hydrogens (tertiary/aromatic N) is 1. The summed E-state index contributed by atoms with van der Waals surface area (Å²) < 4.78 is 0. The molecule has 7 heteroatoms. The Morgan fingerprint density at radius 3 is 2.48 bits per heavy atom. The van der Waals surface area contributed by atoms with Crippen LogP contribution in [0.15, 0.2) is 24.3 Å². The molecule has 0 heterocycles. The molecule has 0 saturated heterocycles. The third-order valence-electron chi connectivity index (χ3n) is 3.44. The Morgan fingerprint density at radius 2 is 1.91 bits per heavy atom. The van der Waals surface area contributed by atoms with E-state index < -0.39 is 5.97 Å². The zero-order valence-corrected chi connectivity index (χ0v) is 14.3. The summed E-state index contributed by atoms with van der Waals surface area (Å²) in [6.45, 7) is 3.53. The van der Waals surface area contributed by atoms with Crippen molar-refractivity contribution in [2.75, 3.05) is 26.7 Å². The summed E-state index contributed by atoms with van der Waals surface area (Å²) in [5, 5.41) is 14.6. The van der Waals surface area contributed by atoms with Crippen LogP contribution in [0.5, 0.6) is 0 Å². The number of carboxylic acids is 1. The van der Waals surface area contributed by atoms with Gasteiger partial charge in [0, 0.05) is 18.1 Å². The molecule has 1 unspecified atom stereocenters. The normalized spacial score (nSPS) is 12.0. The van der Waals surface area contributed by atoms with Gasteiger partial charge in [-0.3, -0.25) is 9.69 Å². The molecule has 1 rings (SSSR count). The Balaban J connectivity index is 2.61. The van der Waals surface area contributed by atoms with E-state index in [1.165, 1.54) is 0 Å². The second kappa shape index (κ2) is 10.1. The number of halogens is 1. The first kappa shape index (κ1) is 19.3. The fraction of sp³-hybridized carbons (Fsp3) is 0.500. The van der Waals surface area contributed by atoms with Crippen LogP contribution in [0.3, 0.4) is 0 Å². The molecule has 6 nitrogen and oxygen atoms in total. The van der Waals surface area contributed by atoms with Crippen molar-refractivity contribution in [2.45, 2.75) is 25.8 Å². The van der Waals surface area contributed by atoms with Crippen molar-refractivity contribution in [2.24, 2.45) is 0 Å². The van der Waals surface area contributed by atoms with Crippen LogP contribution in [-0.4, -0.2) is 48.7 Å². The van der Waals surface area contributed by atoms with Gasteiger partial charge < -0.3 is 15.7 Å². The topological polar surface area (TPSA) is 81.7 Å². The van der Waals surface area contributed by atoms with Crippen LogP contribution < -0.4 is 10.6 Å². The zero-order valence-electron chi connectivity index (χ0n) is 13.5. The maximum absolute atomic E-state index is 11.7. The van der Waals surface area contributed by atoms with E-state index in [0.717, 1.165) is 18.5 Å². The Bertz CT molecular complexity index is 508. The Hall–Kier alpha value is -1.79. The van der Waals surface area contributed by atoms with Crippen molar-refractivity contribution in [1.29, 1.82) is 0 Å². The lowest BCUT2D eigenvalue weighted by Crippen LogP contribution is -2.42. The van der Waals surface area contributed by atoms with E-state index in [-0.39, 0.29) is 25.0 Å². The minimum absolute atomic E-state index is 0.0254. The molecular weight excluding hydrogens is 318 g/mol. The molecule has 1 aromatic carbocycles. The number of carboxylic acid groups (broad SMARTS) is 1. The Labute approximate surface area is 141 Å². The zero-order chi connectivity index (χ0) is 17.2. The summed E-state index contributed by atoms with van der Waals surface area (Å²) in [5.41, 5.74) is 1.07. The first-order valence-corrected chi connectivity index (χ1v) is 8.01. The Kier molecular flexibility index (Phi) is 8.43. The van der Waals surface area contributed by atoms with Crippen LogP contribution in [-0.2, 0) is 4.79 Å². The van der Waals surface area contributed by atoms with Crippen molar-refractivity contribution < 1.29 is 14.7 Å². The fourth-order valence-corrected chi connectivity index (χ4v) is 2.38. The van der Waals surface area contributed by atoms with E-state index in [1.807, 2.05) is 31.3 Å². The lowest BCUT2D eigenvalue weighted by atomic mass is 10.1. The number of hydrogen-bond acceptors (Lipinski definition) is 3. The lowest BCUT2D eigenvalue weighted by Gasteiger charge is -2.28. The number of amides is 2. The van der Waals surface area contributed by atoms with Crippen molar-refractivity contribution in [3.63, 3.8) is 0 Å². The summed E-state index contributed by atoms with van der Waals surface area (Å²) in [6, 6.07) is 7.21. The molecule has 0 spiro atoms. The molecule has 0 aromatic heterocycles. The molecule has 2 amide bonds. The highest BCUT2D eigenvalue weighted by molar-refractivity contribution is 6.30. The van der Waals surface area contributed by atoms with Crippen LogP contribution in [0, 0.1) is 0 Å². The summed E-state index contributed by atoms with van der Waals surface area (Å²) in [6.07, 6.45) is 0.912. The SMILES string of the molecule is CCCN(C)C(CNC(=O)NCCC(=O)O)c1ccc(Cl)cc1. The molecule has 1 atom stereocenters. The first-order chi connectivity index (χ1) is 10.9. The van der Waals surface area contributed by atoms with Gasteiger partial charge in [-0.1, -0.05) is 30.7 Å². The van der Waals surface area contributed by atoms with E-state index in [1.54, 1.807) is 0 Å². The molecule has 0 saturated carbocycles. The quantitative estimate of drug-likeness (QED) is 0.644. The Morgan fingerprint density at radius 1 is 1.26 bits per heavy atom. The predicted octanol–water partition coefficient (Wildman–Crippen LogP) is 2.50. The summed E-state index contributed by atoms with van der Waals surface area (Å²) in [7, 11) is 2.01. The molecule has 0 fully saturated rings. The molecule has 128 valence electrons. The number of nitrogens with one attached hydrogen (secondary N) is 2. The van der Waals surface area contributed by atoms with E-state index in [2.05, 4.69) is 22.5 Å². The fourth-order valence-electron chi connectivity index (χ4n) is 2.26. The van der Waals surface area contributed by atoms with Gasteiger partial charge in [-0.25, -0.2) is 4.79 Å². The molecule has 0 bridgehead atoms. The average Bonchev–Trinajstić information content (AvgIpc) is 2.49. The average molecular weight is 342 g/mol. The van der Waals surface area contributed by atoms with Crippen molar-refractivity contribution in [3.05, 3.63) is 34.9 Å². The highest BCUT2D eigenvalue weighted by atomic mass is 35.5. The number of benzene rings is 1. The van der Waals surface area contributed by atoms with Gasteiger partial charge in [-0.2, -0.15) is 0 Å². The molecule has 0 aliphatic carbocycles. The predicted molar refractivity (Wildman–Crippen MR) is 90.8 cm³/mol. The number of carbonyl (C=O) groups is 2. The second-order valence-electron chi connectivity index (χ2n) is 5.33. The summed E-state index contributed by atoms with van der Waals surface area (Å²) in [5.74, 6) is -0.938. The second-order valence-corrected chi connectivity index (χ2v) is 5.76. The third-order valence-corrected chi connectivity index (χ3v) is 3.70.